The molecular formula is C12H20ClN3O. The summed E-state index contributed by atoms with van der Waals surface area (Å²) >= 11 is 6.07. The quantitative estimate of drug-likeness (QED) is 0.823. The van der Waals surface area contributed by atoms with Crippen molar-refractivity contribution in [1.82, 2.24) is 4.98 Å². The van der Waals surface area contributed by atoms with Crippen LogP contribution in [0.3, 0.4) is 0 Å². The van der Waals surface area contributed by atoms with E-state index < -0.39 is 0 Å². The van der Waals surface area contributed by atoms with Crippen LogP contribution in [0.4, 0.5) is 11.5 Å². The highest BCUT2D eigenvalue weighted by molar-refractivity contribution is 6.33. The molecule has 0 spiro atoms. The molecule has 0 aliphatic carbocycles. The average molecular weight is 258 g/mol. The Morgan fingerprint density at radius 1 is 1.53 bits per heavy atom. The van der Waals surface area contributed by atoms with Gasteiger partial charge in [-0.25, -0.2) is 4.98 Å². The number of ether oxygens (including phenoxy) is 1. The minimum atomic E-state index is 0.184. The molecule has 1 unspecified atom stereocenters. The van der Waals surface area contributed by atoms with Crippen molar-refractivity contribution in [3.05, 3.63) is 17.3 Å². The summed E-state index contributed by atoms with van der Waals surface area (Å²) in [4.78, 5) is 4.18. The summed E-state index contributed by atoms with van der Waals surface area (Å²) in [5.41, 5.74) is 6.16. The van der Waals surface area contributed by atoms with Gasteiger partial charge in [-0.05, 0) is 18.9 Å². The second-order valence-corrected chi connectivity index (χ2v) is 4.66. The second-order valence-electron chi connectivity index (χ2n) is 4.25. The maximum atomic E-state index is 6.07. The van der Waals surface area contributed by atoms with E-state index in [9.17, 15) is 0 Å². The van der Waals surface area contributed by atoms with E-state index in [0.29, 0.717) is 35.7 Å². The minimum Gasteiger partial charge on any atom is -0.397 e. The SMILES string of the molecule is CCOCC(Nc1ncc(N)cc1Cl)C(C)C. The zero-order chi connectivity index (χ0) is 12.8. The molecule has 0 saturated carbocycles. The van der Waals surface area contributed by atoms with Crippen LogP contribution in [0.5, 0.6) is 0 Å². The predicted octanol–water partition coefficient (Wildman–Crippen LogP) is 2.79. The zero-order valence-electron chi connectivity index (χ0n) is 10.5. The van der Waals surface area contributed by atoms with Gasteiger partial charge < -0.3 is 15.8 Å². The van der Waals surface area contributed by atoms with Gasteiger partial charge in [0.2, 0.25) is 0 Å². The third-order valence-electron chi connectivity index (χ3n) is 2.49. The Morgan fingerprint density at radius 3 is 2.76 bits per heavy atom. The van der Waals surface area contributed by atoms with Crippen LogP contribution in [0.1, 0.15) is 20.8 Å². The topological polar surface area (TPSA) is 60.2 Å². The summed E-state index contributed by atoms with van der Waals surface area (Å²) in [7, 11) is 0. The van der Waals surface area contributed by atoms with Crippen molar-refractivity contribution in [2.24, 2.45) is 5.92 Å². The molecule has 17 heavy (non-hydrogen) atoms. The Morgan fingerprint density at radius 2 is 2.24 bits per heavy atom. The van der Waals surface area contributed by atoms with Gasteiger partial charge in [0.15, 0.2) is 0 Å². The largest absolute Gasteiger partial charge is 0.397 e. The number of hydrogen-bond donors (Lipinski definition) is 2. The van der Waals surface area contributed by atoms with Crippen molar-refractivity contribution in [2.75, 3.05) is 24.3 Å². The van der Waals surface area contributed by atoms with Crippen LogP contribution in [-0.2, 0) is 4.74 Å². The molecule has 1 aromatic heterocycles. The van der Waals surface area contributed by atoms with Crippen molar-refractivity contribution in [3.8, 4) is 0 Å². The molecule has 1 heterocycles. The number of nitrogen functional groups attached to an aromatic ring is 1. The van der Waals surface area contributed by atoms with Crippen LogP contribution in [-0.4, -0.2) is 24.2 Å². The fourth-order valence-corrected chi connectivity index (χ4v) is 1.61. The first kappa shape index (κ1) is 14.1. The van der Waals surface area contributed by atoms with Crippen molar-refractivity contribution in [3.63, 3.8) is 0 Å². The number of nitrogens with zero attached hydrogens (tertiary/aromatic N) is 1. The van der Waals surface area contributed by atoms with E-state index in [1.807, 2.05) is 6.92 Å². The van der Waals surface area contributed by atoms with Crippen LogP contribution in [0.2, 0.25) is 5.02 Å². The Hall–Kier alpha value is -1.00. The fourth-order valence-electron chi connectivity index (χ4n) is 1.38. The molecule has 0 aliphatic heterocycles. The van der Waals surface area contributed by atoms with Crippen LogP contribution >= 0.6 is 11.6 Å². The Kier molecular flexibility index (Phi) is 5.51. The van der Waals surface area contributed by atoms with Crippen molar-refractivity contribution >= 4 is 23.1 Å². The summed E-state index contributed by atoms with van der Waals surface area (Å²) in [5, 5.41) is 3.82. The lowest BCUT2D eigenvalue weighted by atomic mass is 10.1. The molecule has 0 aliphatic rings. The molecule has 4 nitrogen and oxygen atoms in total. The molecule has 0 saturated heterocycles. The van der Waals surface area contributed by atoms with Crippen molar-refractivity contribution < 1.29 is 4.74 Å². The average Bonchev–Trinajstić information content (AvgIpc) is 2.26. The third kappa shape index (κ3) is 4.40. The van der Waals surface area contributed by atoms with Gasteiger partial charge in [0.05, 0.1) is 29.6 Å². The summed E-state index contributed by atoms with van der Waals surface area (Å²) in [6.07, 6.45) is 1.59. The molecule has 0 fully saturated rings. The van der Waals surface area contributed by atoms with Crippen LogP contribution in [0.15, 0.2) is 12.3 Å². The molecule has 1 atom stereocenters. The number of nitrogens with two attached hydrogens (primary N) is 1. The Balaban J connectivity index is 2.71. The van der Waals surface area contributed by atoms with E-state index >= 15 is 0 Å². The van der Waals surface area contributed by atoms with Gasteiger partial charge in [-0.3, -0.25) is 0 Å². The third-order valence-corrected chi connectivity index (χ3v) is 2.78. The molecule has 0 aromatic carbocycles. The number of aromatic nitrogens is 1. The lowest BCUT2D eigenvalue weighted by Crippen LogP contribution is -2.31. The first-order chi connectivity index (χ1) is 8.04. The fraction of sp³-hybridized carbons (Fsp3) is 0.583. The zero-order valence-corrected chi connectivity index (χ0v) is 11.3. The smallest absolute Gasteiger partial charge is 0.145 e. The molecule has 5 heteroatoms. The van der Waals surface area contributed by atoms with E-state index in [-0.39, 0.29) is 6.04 Å². The normalized spacial score (nSPS) is 12.8. The highest BCUT2D eigenvalue weighted by Gasteiger charge is 2.15. The monoisotopic (exact) mass is 257 g/mol. The number of anilines is 2. The van der Waals surface area contributed by atoms with Gasteiger partial charge in [0.1, 0.15) is 5.82 Å². The maximum absolute atomic E-state index is 6.07. The number of halogens is 1. The van der Waals surface area contributed by atoms with Crippen LogP contribution in [0.25, 0.3) is 0 Å². The maximum Gasteiger partial charge on any atom is 0.145 e. The number of nitrogens with one attached hydrogen (secondary N) is 1. The van der Waals surface area contributed by atoms with Crippen molar-refractivity contribution in [2.45, 2.75) is 26.8 Å². The van der Waals surface area contributed by atoms with Crippen molar-refractivity contribution in [1.29, 1.82) is 0 Å². The lowest BCUT2D eigenvalue weighted by Gasteiger charge is -2.23. The molecular weight excluding hydrogens is 238 g/mol. The molecule has 3 N–H and O–H groups in total. The van der Waals surface area contributed by atoms with Crippen LogP contribution < -0.4 is 11.1 Å². The lowest BCUT2D eigenvalue weighted by molar-refractivity contribution is 0.126. The van der Waals surface area contributed by atoms with Gasteiger partial charge in [0.25, 0.3) is 0 Å². The Labute approximate surface area is 108 Å². The van der Waals surface area contributed by atoms with Crippen LogP contribution in [0, 0.1) is 5.92 Å². The second kappa shape index (κ2) is 6.67. The first-order valence-corrected chi connectivity index (χ1v) is 6.17. The number of hydrogen-bond acceptors (Lipinski definition) is 4. The predicted molar refractivity (Wildman–Crippen MR) is 72.4 cm³/mol. The summed E-state index contributed by atoms with van der Waals surface area (Å²) < 4.78 is 5.43. The summed E-state index contributed by atoms with van der Waals surface area (Å²) in [6.45, 7) is 7.57. The first-order valence-electron chi connectivity index (χ1n) is 5.79. The van der Waals surface area contributed by atoms with E-state index in [0.717, 1.165) is 0 Å². The number of rotatable bonds is 6. The summed E-state index contributed by atoms with van der Waals surface area (Å²) in [5.74, 6) is 1.08. The molecule has 0 radical (unpaired) electrons. The molecule has 96 valence electrons. The van der Waals surface area contributed by atoms with Gasteiger partial charge in [-0.1, -0.05) is 25.4 Å². The molecule has 0 amide bonds. The standard InChI is InChI=1S/C12H20ClN3O/c1-4-17-7-11(8(2)3)16-12-10(13)5-9(14)6-15-12/h5-6,8,11H,4,7,14H2,1-3H3,(H,15,16). The Bertz CT molecular complexity index is 358. The minimum absolute atomic E-state index is 0.184. The van der Waals surface area contributed by atoms with Gasteiger partial charge in [-0.15, -0.1) is 0 Å². The highest BCUT2D eigenvalue weighted by Crippen LogP contribution is 2.23. The van der Waals surface area contributed by atoms with Gasteiger partial charge in [0, 0.05) is 6.61 Å². The molecule has 1 rings (SSSR count). The van der Waals surface area contributed by atoms with E-state index in [1.165, 1.54) is 0 Å². The van der Waals surface area contributed by atoms with Gasteiger partial charge >= 0.3 is 0 Å². The highest BCUT2D eigenvalue weighted by atomic mass is 35.5. The van der Waals surface area contributed by atoms with E-state index in [1.54, 1.807) is 12.3 Å². The van der Waals surface area contributed by atoms with E-state index in [4.69, 9.17) is 22.1 Å². The van der Waals surface area contributed by atoms with Gasteiger partial charge in [-0.2, -0.15) is 0 Å². The van der Waals surface area contributed by atoms with E-state index in [2.05, 4.69) is 24.1 Å². The number of pyridine rings is 1. The summed E-state index contributed by atoms with van der Waals surface area (Å²) in [6, 6.07) is 1.87. The molecule has 1 aromatic rings. The molecule has 0 bridgehead atoms.